The molecule has 49 heavy (non-hydrogen) atoms. The number of benzene rings is 2. The van der Waals surface area contributed by atoms with Crippen molar-refractivity contribution in [2.75, 3.05) is 0 Å². The second kappa shape index (κ2) is 15.1. The van der Waals surface area contributed by atoms with Crippen molar-refractivity contribution in [2.24, 2.45) is 11.8 Å². The van der Waals surface area contributed by atoms with Gasteiger partial charge in [0, 0.05) is 17.5 Å². The Bertz CT molecular complexity index is 1730. The van der Waals surface area contributed by atoms with Gasteiger partial charge in [-0.05, 0) is 55.1 Å². The number of ether oxygens (including phenoxy) is 1. The first-order chi connectivity index (χ1) is 24.0. The van der Waals surface area contributed by atoms with Crippen LogP contribution in [-0.4, -0.2) is 53.5 Å². The van der Waals surface area contributed by atoms with E-state index in [2.05, 4.69) is 55.5 Å². The summed E-state index contributed by atoms with van der Waals surface area (Å²) in [6, 6.07) is 17.2. The van der Waals surface area contributed by atoms with Crippen molar-refractivity contribution in [3.05, 3.63) is 84.7 Å². The van der Waals surface area contributed by atoms with E-state index in [1.165, 1.54) is 66.5 Å². The lowest BCUT2D eigenvalue weighted by atomic mass is 9.82. The highest BCUT2D eigenvalue weighted by Crippen LogP contribution is 2.44. The lowest BCUT2D eigenvalue weighted by Crippen LogP contribution is -2.31. The number of nitrogens with zero attached hydrogens (tertiary/aromatic N) is 4. The summed E-state index contributed by atoms with van der Waals surface area (Å²) in [6.45, 7) is 0. The Balaban J connectivity index is 0.000000160. The zero-order chi connectivity index (χ0) is 33.7. The summed E-state index contributed by atoms with van der Waals surface area (Å²) in [5.41, 5.74) is 7.32. The van der Waals surface area contributed by atoms with Crippen LogP contribution in [0.5, 0.6) is 0 Å². The molecule has 258 valence electrons. The fraction of sp³-hybridized carbons (Fsp3) is 0.500. The van der Waals surface area contributed by atoms with E-state index in [0.717, 1.165) is 37.8 Å². The van der Waals surface area contributed by atoms with Gasteiger partial charge in [-0.25, -0.2) is 9.97 Å². The number of carbonyl (C=O) groups excluding carboxylic acids is 1. The first-order valence-electron chi connectivity index (χ1n) is 18.3. The number of hydrogen-bond donors (Lipinski definition) is 2. The third-order valence-electron chi connectivity index (χ3n) is 11.3. The number of rotatable bonds is 10. The maximum atomic E-state index is 12.3. The third kappa shape index (κ3) is 7.23. The molecule has 0 bridgehead atoms. The molecule has 0 amide bonds. The van der Waals surface area contributed by atoms with Crippen LogP contribution in [0.15, 0.2) is 73.6 Å². The molecule has 9 heteroatoms. The Kier molecular flexibility index (Phi) is 10.3. The Morgan fingerprint density at radius 3 is 1.78 bits per heavy atom. The Hall–Kier alpha value is -4.24. The van der Waals surface area contributed by atoms with Crippen molar-refractivity contribution >= 4 is 11.9 Å². The molecule has 2 N–H and O–H groups in total. The molecular formula is C40H48N4O5. The Morgan fingerprint density at radius 2 is 1.22 bits per heavy atom. The summed E-state index contributed by atoms with van der Waals surface area (Å²) in [6.07, 6.45) is 20.4. The van der Waals surface area contributed by atoms with Gasteiger partial charge in [0.1, 0.15) is 6.10 Å². The number of aliphatic hydroxyl groups is 1. The molecule has 2 fully saturated rings. The third-order valence-corrected chi connectivity index (χ3v) is 11.3. The summed E-state index contributed by atoms with van der Waals surface area (Å²) in [5, 5.41) is 19.5. The topological polar surface area (TPSA) is 119 Å². The van der Waals surface area contributed by atoms with Gasteiger partial charge in [-0.1, -0.05) is 87.1 Å². The number of aromatic nitrogens is 4. The van der Waals surface area contributed by atoms with Crippen molar-refractivity contribution in [1.82, 2.24) is 19.1 Å². The molecule has 0 saturated heterocycles. The Labute approximate surface area is 288 Å². The van der Waals surface area contributed by atoms with Gasteiger partial charge in [0.05, 0.1) is 67.5 Å². The zero-order valence-corrected chi connectivity index (χ0v) is 28.2. The number of hydrogen-bond acceptors (Lipinski definition) is 6. The molecule has 9 nitrogen and oxygen atoms in total. The minimum atomic E-state index is -0.973. The smallest absolute Gasteiger partial charge is 0.306 e. The van der Waals surface area contributed by atoms with Gasteiger partial charge in [0.15, 0.2) is 0 Å². The SMILES string of the molecule is O=C(O)CCC(=O)OC(CC1c2ccccc2-c2cncn21)C1CCCCC1.OC(CC1c2ccccc2-c2cncn21)C1CCCCC1. The molecule has 4 atom stereocenters. The van der Waals surface area contributed by atoms with Crippen LogP contribution in [0, 0.1) is 11.8 Å². The van der Waals surface area contributed by atoms with E-state index in [1.54, 1.807) is 0 Å². The minimum absolute atomic E-state index is 0.0733. The molecule has 2 aliphatic heterocycles. The maximum absolute atomic E-state index is 12.3. The lowest BCUT2D eigenvalue weighted by molar-refractivity contribution is -0.155. The van der Waals surface area contributed by atoms with Gasteiger partial charge in [-0.15, -0.1) is 0 Å². The normalized spacial score (nSPS) is 21.0. The molecule has 4 aliphatic rings. The maximum Gasteiger partial charge on any atom is 0.306 e. The molecule has 2 aromatic carbocycles. The molecule has 2 saturated carbocycles. The highest BCUT2D eigenvalue weighted by Gasteiger charge is 2.36. The summed E-state index contributed by atoms with van der Waals surface area (Å²) >= 11 is 0. The van der Waals surface area contributed by atoms with E-state index in [0.29, 0.717) is 18.3 Å². The molecule has 2 aromatic heterocycles. The number of esters is 1. The summed E-state index contributed by atoms with van der Waals surface area (Å²) in [7, 11) is 0. The number of carboxylic acids is 1. The first kappa shape index (κ1) is 33.3. The van der Waals surface area contributed by atoms with Crippen molar-refractivity contribution in [2.45, 2.75) is 114 Å². The van der Waals surface area contributed by atoms with Gasteiger partial charge >= 0.3 is 11.9 Å². The fourth-order valence-corrected chi connectivity index (χ4v) is 8.79. The zero-order valence-electron chi connectivity index (χ0n) is 28.2. The molecule has 4 aromatic rings. The number of imidazole rings is 2. The van der Waals surface area contributed by atoms with Crippen LogP contribution in [-0.2, 0) is 14.3 Å². The predicted octanol–water partition coefficient (Wildman–Crippen LogP) is 7.98. The standard InChI is InChI=1S/C22H26N2O4.C18H22N2O/c25-21(26)10-11-22(27)28-20(15-6-2-1-3-7-15)12-18-16-8-4-5-9-17(16)19-13-23-14-24(18)19;21-18(13-6-2-1-3-7-13)10-16-14-8-4-5-9-15(14)17-11-19-12-20(16)17/h4-5,8-9,13-15,18,20H,1-3,6-7,10-12H2,(H,25,26);4-5,8-9,11-13,16,18,21H,1-3,6-7,10H2. The van der Waals surface area contributed by atoms with E-state index in [4.69, 9.17) is 9.84 Å². The molecule has 2 aliphatic carbocycles. The van der Waals surface area contributed by atoms with Crippen molar-refractivity contribution in [1.29, 1.82) is 0 Å². The van der Waals surface area contributed by atoms with Gasteiger partial charge < -0.3 is 24.1 Å². The number of fused-ring (bicyclic) bond motifs is 6. The number of carbonyl (C=O) groups is 2. The van der Waals surface area contributed by atoms with E-state index >= 15 is 0 Å². The highest BCUT2D eigenvalue weighted by atomic mass is 16.5. The molecule has 4 unspecified atom stereocenters. The van der Waals surface area contributed by atoms with Crippen molar-refractivity contribution in [3.63, 3.8) is 0 Å². The second-order valence-electron chi connectivity index (χ2n) is 14.3. The summed E-state index contributed by atoms with van der Waals surface area (Å²) < 4.78 is 10.3. The van der Waals surface area contributed by atoms with Crippen LogP contribution in [0.3, 0.4) is 0 Å². The number of aliphatic carboxylic acids is 1. The predicted molar refractivity (Wildman–Crippen MR) is 187 cm³/mol. The van der Waals surface area contributed by atoms with E-state index in [9.17, 15) is 14.7 Å². The van der Waals surface area contributed by atoms with E-state index in [1.807, 2.05) is 37.2 Å². The van der Waals surface area contributed by atoms with Crippen LogP contribution in [0.1, 0.15) is 113 Å². The van der Waals surface area contributed by atoms with Gasteiger partial charge in [-0.2, -0.15) is 0 Å². The van der Waals surface area contributed by atoms with Crippen LogP contribution in [0.4, 0.5) is 0 Å². The lowest BCUT2D eigenvalue weighted by Gasteiger charge is -2.32. The average molecular weight is 665 g/mol. The van der Waals surface area contributed by atoms with Crippen LogP contribution in [0.2, 0.25) is 0 Å². The van der Waals surface area contributed by atoms with Gasteiger partial charge in [0.25, 0.3) is 0 Å². The number of carboxylic acid groups (broad SMARTS) is 1. The molecular weight excluding hydrogens is 616 g/mol. The molecule has 8 rings (SSSR count). The van der Waals surface area contributed by atoms with Crippen LogP contribution < -0.4 is 0 Å². The minimum Gasteiger partial charge on any atom is -0.481 e. The molecule has 4 heterocycles. The summed E-state index contributed by atoms with van der Waals surface area (Å²) in [4.78, 5) is 31.7. The van der Waals surface area contributed by atoms with Crippen LogP contribution >= 0.6 is 0 Å². The van der Waals surface area contributed by atoms with Crippen molar-refractivity contribution in [3.8, 4) is 22.5 Å². The highest BCUT2D eigenvalue weighted by molar-refractivity contribution is 5.76. The van der Waals surface area contributed by atoms with Crippen LogP contribution in [0.25, 0.3) is 22.5 Å². The van der Waals surface area contributed by atoms with Gasteiger partial charge in [-0.3, -0.25) is 9.59 Å². The van der Waals surface area contributed by atoms with E-state index < -0.39 is 11.9 Å². The second-order valence-corrected chi connectivity index (χ2v) is 14.3. The van der Waals surface area contributed by atoms with Gasteiger partial charge in [0.2, 0.25) is 0 Å². The largest absolute Gasteiger partial charge is 0.481 e. The Morgan fingerprint density at radius 1 is 0.714 bits per heavy atom. The quantitative estimate of drug-likeness (QED) is 0.165. The fourth-order valence-electron chi connectivity index (χ4n) is 8.79. The molecule has 0 radical (unpaired) electrons. The first-order valence-corrected chi connectivity index (χ1v) is 18.3. The van der Waals surface area contributed by atoms with E-state index in [-0.39, 0.29) is 37.1 Å². The van der Waals surface area contributed by atoms with Crippen molar-refractivity contribution < 1.29 is 24.5 Å². The summed E-state index contributed by atoms with van der Waals surface area (Å²) in [5.74, 6) is -0.560. The molecule has 0 spiro atoms. The number of aliphatic hydroxyl groups excluding tert-OH is 1. The monoisotopic (exact) mass is 664 g/mol. The average Bonchev–Trinajstić information content (AvgIpc) is 3.92.